The summed E-state index contributed by atoms with van der Waals surface area (Å²) < 4.78 is 7.55. The molecule has 3 heterocycles. The third-order valence-corrected chi connectivity index (χ3v) is 5.28. The summed E-state index contributed by atoms with van der Waals surface area (Å²) in [5.74, 6) is 0.0659. The van der Waals surface area contributed by atoms with Crippen LogP contribution in [0.25, 0.3) is 17.2 Å². The molecule has 0 radical (unpaired) electrons. The Bertz CT molecular complexity index is 972. The Balaban J connectivity index is 1.93. The molecule has 0 bridgehead atoms. The molecule has 1 aromatic carbocycles. The van der Waals surface area contributed by atoms with Gasteiger partial charge in [-0.2, -0.15) is 0 Å². The zero-order valence-electron chi connectivity index (χ0n) is 14.5. The molecular weight excluding hydrogens is 352 g/mol. The van der Waals surface area contributed by atoms with Crippen molar-refractivity contribution in [3.05, 3.63) is 46.0 Å². The number of nitrogens with zero attached hydrogens (tertiary/aromatic N) is 4. The van der Waals surface area contributed by atoms with Crippen molar-refractivity contribution in [2.45, 2.75) is 32.3 Å². The number of ether oxygens (including phenoxy) is 1. The lowest BCUT2D eigenvalue weighted by Crippen LogP contribution is -2.26. The predicted octanol–water partition coefficient (Wildman–Crippen LogP) is 3.42. The number of rotatable bonds is 4. The summed E-state index contributed by atoms with van der Waals surface area (Å²) >= 11 is 1.52. The molecule has 1 aliphatic heterocycles. The first-order chi connectivity index (χ1) is 12.5. The zero-order chi connectivity index (χ0) is 18.3. The van der Waals surface area contributed by atoms with Crippen LogP contribution in [0, 0.1) is 6.92 Å². The summed E-state index contributed by atoms with van der Waals surface area (Å²) in [4.78, 5) is 20.8. The SMILES string of the molecule is Cc1nc(-c2nc([C@]3(C)CCCO3)n(-c3ccccc3C(=O)O)n2)cs1. The van der Waals surface area contributed by atoms with Gasteiger partial charge < -0.3 is 9.84 Å². The van der Waals surface area contributed by atoms with Crippen molar-refractivity contribution in [1.29, 1.82) is 0 Å². The van der Waals surface area contributed by atoms with Crippen LogP contribution < -0.4 is 0 Å². The van der Waals surface area contributed by atoms with Gasteiger partial charge in [-0.15, -0.1) is 16.4 Å². The number of aryl methyl sites for hydroxylation is 1. The molecule has 26 heavy (non-hydrogen) atoms. The molecule has 1 N–H and O–H groups in total. The van der Waals surface area contributed by atoms with Gasteiger partial charge in [0.05, 0.1) is 16.3 Å². The molecule has 134 valence electrons. The quantitative estimate of drug-likeness (QED) is 0.757. The van der Waals surface area contributed by atoms with E-state index in [-0.39, 0.29) is 5.56 Å². The zero-order valence-corrected chi connectivity index (χ0v) is 15.3. The lowest BCUT2D eigenvalue weighted by Gasteiger charge is -2.23. The predicted molar refractivity (Wildman–Crippen MR) is 96.7 cm³/mol. The van der Waals surface area contributed by atoms with Crippen molar-refractivity contribution in [2.24, 2.45) is 0 Å². The standard InChI is InChI=1S/C18H18N4O3S/c1-11-19-13(10-26-11)15-20-17(18(2)8-5-9-25-18)22(21-15)14-7-4-3-6-12(14)16(23)24/h3-4,6-7,10H,5,8-9H2,1-2H3,(H,23,24)/t18-/m0/s1. The van der Waals surface area contributed by atoms with E-state index in [4.69, 9.17) is 9.72 Å². The van der Waals surface area contributed by atoms with E-state index in [1.807, 2.05) is 19.2 Å². The minimum atomic E-state index is -1.01. The Hall–Kier alpha value is -2.58. The summed E-state index contributed by atoms with van der Waals surface area (Å²) in [5, 5.41) is 17.0. The number of thiazole rings is 1. The molecule has 0 aliphatic carbocycles. The second kappa shape index (κ2) is 6.30. The fourth-order valence-electron chi connectivity index (χ4n) is 3.19. The molecule has 4 rings (SSSR count). The van der Waals surface area contributed by atoms with Crippen molar-refractivity contribution >= 4 is 17.3 Å². The fraction of sp³-hybridized carbons (Fsp3) is 0.333. The molecule has 7 nitrogen and oxygen atoms in total. The maximum Gasteiger partial charge on any atom is 0.337 e. The van der Waals surface area contributed by atoms with E-state index in [1.54, 1.807) is 28.9 Å². The van der Waals surface area contributed by atoms with E-state index >= 15 is 0 Å². The van der Waals surface area contributed by atoms with Crippen molar-refractivity contribution < 1.29 is 14.6 Å². The van der Waals surface area contributed by atoms with Crippen LogP contribution in [-0.4, -0.2) is 37.4 Å². The number of carboxylic acid groups (broad SMARTS) is 1. The number of carbonyl (C=O) groups is 1. The highest BCUT2D eigenvalue weighted by Gasteiger charge is 2.38. The highest BCUT2D eigenvalue weighted by atomic mass is 32.1. The van der Waals surface area contributed by atoms with Crippen molar-refractivity contribution in [2.75, 3.05) is 6.61 Å². The number of aromatic carboxylic acids is 1. The summed E-state index contributed by atoms with van der Waals surface area (Å²) in [6.07, 6.45) is 1.73. The Morgan fingerprint density at radius 3 is 2.81 bits per heavy atom. The van der Waals surface area contributed by atoms with Crippen LogP contribution in [0.3, 0.4) is 0 Å². The van der Waals surface area contributed by atoms with E-state index in [9.17, 15) is 9.90 Å². The lowest BCUT2D eigenvalue weighted by atomic mass is 10.0. The molecule has 1 fully saturated rings. The lowest BCUT2D eigenvalue weighted by molar-refractivity contribution is 0.00762. The molecule has 0 spiro atoms. The number of aromatic nitrogens is 4. The van der Waals surface area contributed by atoms with Crippen molar-refractivity contribution in [3.63, 3.8) is 0 Å². The first-order valence-corrected chi connectivity index (χ1v) is 9.22. The minimum absolute atomic E-state index is 0.168. The molecule has 1 atom stereocenters. The third-order valence-electron chi connectivity index (χ3n) is 4.51. The van der Waals surface area contributed by atoms with Crippen LogP contribution in [0.2, 0.25) is 0 Å². The summed E-state index contributed by atoms with van der Waals surface area (Å²) in [6.45, 7) is 4.54. The number of hydrogen-bond acceptors (Lipinski definition) is 6. The molecule has 8 heteroatoms. The molecule has 0 saturated carbocycles. The highest BCUT2D eigenvalue weighted by Crippen LogP contribution is 2.37. The Labute approximate surface area is 154 Å². The summed E-state index contributed by atoms with van der Waals surface area (Å²) in [7, 11) is 0. The minimum Gasteiger partial charge on any atom is -0.478 e. The van der Waals surface area contributed by atoms with E-state index in [0.717, 1.165) is 17.8 Å². The molecule has 2 aromatic heterocycles. The normalized spacial score (nSPS) is 19.8. The maximum atomic E-state index is 11.7. The number of hydrogen-bond donors (Lipinski definition) is 1. The van der Waals surface area contributed by atoms with Gasteiger partial charge in [0.15, 0.2) is 5.82 Å². The highest BCUT2D eigenvalue weighted by molar-refractivity contribution is 7.09. The topological polar surface area (TPSA) is 90.1 Å². The Morgan fingerprint density at radius 2 is 2.15 bits per heavy atom. The van der Waals surface area contributed by atoms with Crippen LogP contribution in [-0.2, 0) is 10.3 Å². The third kappa shape index (κ3) is 2.81. The molecule has 1 saturated heterocycles. The van der Waals surface area contributed by atoms with Gasteiger partial charge in [-0.3, -0.25) is 0 Å². The van der Waals surface area contributed by atoms with Crippen LogP contribution >= 0.6 is 11.3 Å². The molecule has 0 amide bonds. The molecule has 0 unspecified atom stereocenters. The average Bonchev–Trinajstić information content (AvgIpc) is 3.34. The van der Waals surface area contributed by atoms with Gasteiger partial charge in [-0.1, -0.05) is 12.1 Å². The van der Waals surface area contributed by atoms with Gasteiger partial charge in [0.1, 0.15) is 11.3 Å². The van der Waals surface area contributed by atoms with Gasteiger partial charge >= 0.3 is 5.97 Å². The molecule has 3 aromatic rings. The first-order valence-electron chi connectivity index (χ1n) is 8.35. The molecular formula is C18H18N4O3S. The second-order valence-corrected chi connectivity index (χ2v) is 7.49. The number of carboxylic acids is 1. The Morgan fingerprint density at radius 1 is 1.35 bits per heavy atom. The van der Waals surface area contributed by atoms with Crippen LogP contribution in [0.15, 0.2) is 29.6 Å². The van der Waals surface area contributed by atoms with E-state index in [2.05, 4.69) is 10.1 Å². The van der Waals surface area contributed by atoms with Crippen LogP contribution in [0.1, 0.15) is 41.0 Å². The summed E-state index contributed by atoms with van der Waals surface area (Å²) in [5.41, 5.74) is 0.711. The van der Waals surface area contributed by atoms with Gasteiger partial charge in [0.2, 0.25) is 5.82 Å². The van der Waals surface area contributed by atoms with Gasteiger partial charge in [0.25, 0.3) is 0 Å². The monoisotopic (exact) mass is 370 g/mol. The summed E-state index contributed by atoms with van der Waals surface area (Å²) in [6, 6.07) is 6.78. The van der Waals surface area contributed by atoms with Crippen LogP contribution in [0.5, 0.6) is 0 Å². The number of para-hydroxylation sites is 1. The van der Waals surface area contributed by atoms with E-state index < -0.39 is 11.6 Å². The fourth-order valence-corrected chi connectivity index (χ4v) is 3.78. The van der Waals surface area contributed by atoms with E-state index in [1.165, 1.54) is 11.3 Å². The second-order valence-electron chi connectivity index (χ2n) is 6.43. The van der Waals surface area contributed by atoms with Crippen LogP contribution in [0.4, 0.5) is 0 Å². The smallest absolute Gasteiger partial charge is 0.337 e. The molecule has 1 aliphatic rings. The van der Waals surface area contributed by atoms with E-state index in [0.29, 0.717) is 29.6 Å². The Kier molecular flexibility index (Phi) is 4.08. The first kappa shape index (κ1) is 16.9. The largest absolute Gasteiger partial charge is 0.478 e. The average molecular weight is 370 g/mol. The van der Waals surface area contributed by atoms with Crippen molar-refractivity contribution in [1.82, 2.24) is 19.7 Å². The number of benzene rings is 1. The van der Waals surface area contributed by atoms with Gasteiger partial charge in [-0.05, 0) is 38.8 Å². The van der Waals surface area contributed by atoms with Gasteiger partial charge in [0, 0.05) is 12.0 Å². The van der Waals surface area contributed by atoms with Gasteiger partial charge in [-0.25, -0.2) is 19.4 Å². The maximum absolute atomic E-state index is 11.7. The van der Waals surface area contributed by atoms with Crippen molar-refractivity contribution in [3.8, 4) is 17.2 Å².